The molecular formula is C35H25N5O2Pt. The fourth-order valence-corrected chi connectivity index (χ4v) is 5.62. The zero-order chi connectivity index (χ0) is 28.4. The number of nitrogens with zero attached hydrogens (tertiary/aromatic N) is 4. The number of fused-ring (bicyclic) bond motifs is 6. The summed E-state index contributed by atoms with van der Waals surface area (Å²) in [6.07, 6.45) is 3.42. The number of nitrogens with one attached hydrogen (secondary N) is 1. The second kappa shape index (κ2) is 10.2. The minimum atomic E-state index is -0.0131. The summed E-state index contributed by atoms with van der Waals surface area (Å²) in [4.78, 5) is 7.87. The van der Waals surface area contributed by atoms with Crippen molar-refractivity contribution in [3.63, 3.8) is 0 Å². The first kappa shape index (κ1) is 27.1. The van der Waals surface area contributed by atoms with E-state index in [1.54, 1.807) is 6.33 Å². The van der Waals surface area contributed by atoms with Crippen LogP contribution in [-0.2, 0) is 26.5 Å². The number of hydrogen-bond donors (Lipinski definition) is 1. The Morgan fingerprint density at radius 2 is 1.65 bits per heavy atom. The van der Waals surface area contributed by atoms with E-state index in [4.69, 9.17) is 14.1 Å². The smallest absolute Gasteiger partial charge is 0.503 e. The second-order valence-electron chi connectivity index (χ2n) is 11.4. The van der Waals surface area contributed by atoms with Gasteiger partial charge in [0.2, 0.25) is 0 Å². The molecule has 0 bridgehead atoms. The Morgan fingerprint density at radius 3 is 2.47 bits per heavy atom. The average Bonchev–Trinajstić information content (AvgIpc) is 3.72. The molecule has 0 aliphatic heterocycles. The van der Waals surface area contributed by atoms with Crippen LogP contribution in [0.5, 0.6) is 11.5 Å². The second-order valence-corrected chi connectivity index (χ2v) is 11.4. The van der Waals surface area contributed by atoms with E-state index in [0.717, 1.165) is 49.5 Å². The monoisotopic (exact) mass is 742 g/mol. The maximum Gasteiger partial charge on any atom is 2.00 e. The van der Waals surface area contributed by atoms with Crippen molar-refractivity contribution in [1.29, 1.82) is 0 Å². The minimum absolute atomic E-state index is 0. The van der Waals surface area contributed by atoms with Gasteiger partial charge >= 0.3 is 21.1 Å². The van der Waals surface area contributed by atoms with Crippen molar-refractivity contribution < 1.29 is 30.2 Å². The first-order valence-corrected chi connectivity index (χ1v) is 13.8. The van der Waals surface area contributed by atoms with Gasteiger partial charge in [-0.3, -0.25) is 0 Å². The summed E-state index contributed by atoms with van der Waals surface area (Å²) in [5, 5.41) is 12.3. The molecular weight excluding hydrogens is 717 g/mol. The van der Waals surface area contributed by atoms with Crippen molar-refractivity contribution in [2.75, 3.05) is 0 Å². The third kappa shape index (κ3) is 4.52. The van der Waals surface area contributed by atoms with Crippen LogP contribution < -0.4 is 4.74 Å². The van der Waals surface area contributed by atoms with Crippen molar-refractivity contribution in [2.24, 2.45) is 0 Å². The molecule has 0 aliphatic carbocycles. The van der Waals surface area contributed by atoms with Crippen LogP contribution >= 0.6 is 0 Å². The summed E-state index contributed by atoms with van der Waals surface area (Å²) >= 11 is 0. The number of aromatic amines is 1. The number of rotatable bonds is 4. The average molecular weight is 743 g/mol. The topological polar surface area (TPSA) is 81.8 Å². The van der Waals surface area contributed by atoms with E-state index in [1.807, 2.05) is 48.7 Å². The van der Waals surface area contributed by atoms with E-state index in [9.17, 15) is 0 Å². The number of H-pyrrole nitrogens is 1. The van der Waals surface area contributed by atoms with Crippen molar-refractivity contribution in [3.05, 3.63) is 109 Å². The van der Waals surface area contributed by atoms with Gasteiger partial charge in [-0.05, 0) is 46.0 Å². The number of furan rings is 1. The fraction of sp³-hybridized carbons (Fsp3) is 0.114. The summed E-state index contributed by atoms with van der Waals surface area (Å²) in [6.45, 7) is 6.62. The van der Waals surface area contributed by atoms with Crippen LogP contribution in [-0.4, -0.2) is 24.7 Å². The van der Waals surface area contributed by atoms with Crippen LogP contribution in [0, 0.1) is 12.1 Å². The number of pyridine rings is 1. The molecule has 0 radical (unpaired) electrons. The zero-order valence-electron chi connectivity index (χ0n) is 23.6. The van der Waals surface area contributed by atoms with Crippen molar-refractivity contribution in [2.45, 2.75) is 26.2 Å². The van der Waals surface area contributed by atoms with Gasteiger partial charge in [-0.25, -0.2) is 4.98 Å². The van der Waals surface area contributed by atoms with E-state index in [-0.39, 0.29) is 26.5 Å². The van der Waals surface area contributed by atoms with Gasteiger partial charge in [0.1, 0.15) is 17.7 Å². The molecule has 0 aliphatic rings. The van der Waals surface area contributed by atoms with Crippen molar-refractivity contribution in [3.8, 4) is 28.7 Å². The van der Waals surface area contributed by atoms with Crippen LogP contribution in [0.15, 0.2) is 95.8 Å². The first-order chi connectivity index (χ1) is 20.4. The van der Waals surface area contributed by atoms with Crippen LogP contribution in [0.2, 0.25) is 0 Å². The van der Waals surface area contributed by atoms with E-state index in [2.05, 4.69) is 89.1 Å². The Balaban J connectivity index is 0.00000300. The third-order valence-corrected chi connectivity index (χ3v) is 7.65. The Labute approximate surface area is 261 Å². The zero-order valence-corrected chi connectivity index (χ0v) is 25.9. The Hall–Kier alpha value is -4.74. The normalized spacial score (nSPS) is 11.9. The molecule has 0 spiro atoms. The molecule has 1 N–H and O–H groups in total. The standard InChI is InChI=1S/C35H25N5O2.Pt/c1-35(2,3)21-14-15-36-32(16-21)40-28-10-6-4-8-24(28)25-13-12-22(18-29(25)40)41-23-17-27(34-37-20-38-39-34)33-26-9-5-7-11-30(26)42-31(33)19-23;/h4-16,19-20H,1-3H3,(H,37,38,39);/q-2;+2. The van der Waals surface area contributed by atoms with Crippen molar-refractivity contribution >= 4 is 43.7 Å². The molecule has 0 fully saturated rings. The molecule has 7 nitrogen and oxygen atoms in total. The quantitative estimate of drug-likeness (QED) is 0.183. The molecule has 0 atom stereocenters. The van der Waals surface area contributed by atoms with Gasteiger partial charge in [-0.2, -0.15) is 11.2 Å². The molecule has 8 aromatic rings. The Bertz CT molecular complexity index is 2280. The van der Waals surface area contributed by atoms with Gasteiger partial charge in [0.15, 0.2) is 0 Å². The molecule has 4 aromatic carbocycles. The van der Waals surface area contributed by atoms with Gasteiger partial charge in [0, 0.05) is 23.2 Å². The van der Waals surface area contributed by atoms with Gasteiger partial charge in [0.25, 0.3) is 0 Å². The summed E-state index contributed by atoms with van der Waals surface area (Å²) in [5.41, 5.74) is 5.31. The largest absolute Gasteiger partial charge is 2.00 e. The predicted molar refractivity (Wildman–Crippen MR) is 164 cm³/mol. The molecule has 0 unspecified atom stereocenters. The van der Waals surface area contributed by atoms with Crippen LogP contribution in [0.4, 0.5) is 0 Å². The first-order valence-electron chi connectivity index (χ1n) is 13.8. The molecule has 4 aromatic heterocycles. The van der Waals surface area contributed by atoms with Gasteiger partial charge < -0.3 is 18.7 Å². The molecule has 0 saturated heterocycles. The molecule has 0 amide bonds. The van der Waals surface area contributed by atoms with E-state index in [0.29, 0.717) is 22.9 Å². The summed E-state index contributed by atoms with van der Waals surface area (Å²) in [6, 6.07) is 33.3. The summed E-state index contributed by atoms with van der Waals surface area (Å²) < 4.78 is 14.8. The fourth-order valence-electron chi connectivity index (χ4n) is 5.62. The summed E-state index contributed by atoms with van der Waals surface area (Å²) in [5.74, 6) is 2.46. The van der Waals surface area contributed by atoms with Gasteiger partial charge in [0.05, 0.1) is 11.4 Å². The van der Waals surface area contributed by atoms with Gasteiger partial charge in [-0.15, -0.1) is 22.6 Å². The van der Waals surface area contributed by atoms with E-state index < -0.39 is 0 Å². The molecule has 43 heavy (non-hydrogen) atoms. The van der Waals surface area contributed by atoms with Crippen LogP contribution in [0.3, 0.4) is 0 Å². The van der Waals surface area contributed by atoms with E-state index >= 15 is 0 Å². The predicted octanol–water partition coefficient (Wildman–Crippen LogP) is 8.55. The Morgan fingerprint density at radius 1 is 0.837 bits per heavy atom. The maximum absolute atomic E-state index is 6.43. The van der Waals surface area contributed by atoms with Crippen LogP contribution in [0.25, 0.3) is 61.0 Å². The molecule has 4 heterocycles. The maximum atomic E-state index is 6.43. The summed E-state index contributed by atoms with van der Waals surface area (Å²) in [7, 11) is 0. The van der Waals surface area contributed by atoms with Gasteiger partial charge in [-0.1, -0.05) is 85.8 Å². The molecule has 0 saturated carbocycles. The Kier molecular flexibility index (Phi) is 6.44. The number of ether oxygens (including phenoxy) is 1. The molecule has 8 heteroatoms. The SMILES string of the molecule is CC(C)(C)c1ccnc(-n2c3[c-]c(Oc4[c-]c(-c5nnc[nH]5)c5c(c4)oc4ccccc45)ccc3c3ccccc32)c1.[Pt+2]. The third-order valence-electron chi connectivity index (χ3n) is 7.65. The number of aromatic nitrogens is 5. The number of hydrogen-bond acceptors (Lipinski definition) is 5. The molecule has 8 rings (SSSR count). The van der Waals surface area contributed by atoms with E-state index in [1.165, 1.54) is 5.56 Å². The van der Waals surface area contributed by atoms with Crippen LogP contribution in [0.1, 0.15) is 26.3 Å². The van der Waals surface area contributed by atoms with Crippen molar-refractivity contribution in [1.82, 2.24) is 24.7 Å². The number of para-hydroxylation sites is 2. The number of benzene rings is 4. The molecule has 212 valence electrons. The minimum Gasteiger partial charge on any atom is -0.503 e.